The second-order valence-electron chi connectivity index (χ2n) is 14.0. The van der Waals surface area contributed by atoms with Gasteiger partial charge in [0.15, 0.2) is 0 Å². The summed E-state index contributed by atoms with van der Waals surface area (Å²) in [4.78, 5) is 59.3. The van der Waals surface area contributed by atoms with Crippen molar-refractivity contribution >= 4 is 52.3 Å². The van der Waals surface area contributed by atoms with E-state index in [4.69, 9.17) is 17.3 Å². The Morgan fingerprint density at radius 2 is 1.51 bits per heavy atom. The van der Waals surface area contributed by atoms with Gasteiger partial charge in [-0.25, -0.2) is 4.79 Å². The Kier molecular flexibility index (Phi) is 11.6. The number of anilines is 3. The van der Waals surface area contributed by atoms with Gasteiger partial charge in [-0.3, -0.25) is 14.4 Å². The Labute approximate surface area is 318 Å². The Morgan fingerprint density at radius 1 is 0.855 bits per heavy atom. The SMILES string of the molecule is Nc1c(Cl)cc(C[C@@H](CC(=O)N2CCC(N3CCc4ccccc4NC3=O)CC2)C(=O)N2CCN(c3ccc(C(=O)C(F)(F)F)cc3)CC2)cc1C(F)(F)F. The summed E-state index contributed by atoms with van der Waals surface area (Å²) < 4.78 is 80.1. The number of likely N-dealkylation sites (tertiary alicyclic amines) is 1. The van der Waals surface area contributed by atoms with Crippen molar-refractivity contribution in [3.8, 4) is 0 Å². The predicted molar refractivity (Wildman–Crippen MR) is 194 cm³/mol. The largest absolute Gasteiger partial charge is 0.454 e. The summed E-state index contributed by atoms with van der Waals surface area (Å²) in [5.41, 5.74) is 5.77. The van der Waals surface area contributed by atoms with Crippen LogP contribution in [0.25, 0.3) is 0 Å². The van der Waals surface area contributed by atoms with Crippen molar-refractivity contribution < 1.29 is 45.5 Å². The van der Waals surface area contributed by atoms with Crippen LogP contribution in [0.3, 0.4) is 0 Å². The van der Waals surface area contributed by atoms with Crippen LogP contribution >= 0.6 is 11.6 Å². The number of piperidine rings is 1. The van der Waals surface area contributed by atoms with E-state index < -0.39 is 46.8 Å². The van der Waals surface area contributed by atoms with E-state index in [-0.39, 0.29) is 67.6 Å². The van der Waals surface area contributed by atoms with Crippen LogP contribution in [0.15, 0.2) is 60.7 Å². The molecule has 3 heterocycles. The Hall–Kier alpha value is -4.99. The number of alkyl halides is 6. The number of piperazine rings is 1. The summed E-state index contributed by atoms with van der Waals surface area (Å²) in [6, 6.07) is 14.3. The van der Waals surface area contributed by atoms with E-state index in [0.717, 1.165) is 29.4 Å². The van der Waals surface area contributed by atoms with Crippen molar-refractivity contribution in [2.24, 2.45) is 5.92 Å². The van der Waals surface area contributed by atoms with Gasteiger partial charge in [-0.1, -0.05) is 29.8 Å². The van der Waals surface area contributed by atoms with Gasteiger partial charge in [0.25, 0.3) is 5.78 Å². The molecule has 3 aliphatic heterocycles. The number of rotatable bonds is 8. The fourth-order valence-corrected chi connectivity index (χ4v) is 7.74. The number of hydrogen-bond donors (Lipinski definition) is 2. The summed E-state index contributed by atoms with van der Waals surface area (Å²) in [5.74, 6) is -3.81. The molecule has 0 bridgehead atoms. The van der Waals surface area contributed by atoms with Gasteiger partial charge in [-0.15, -0.1) is 0 Å². The summed E-state index contributed by atoms with van der Waals surface area (Å²) in [6.07, 6.45) is -8.66. The molecule has 10 nitrogen and oxygen atoms in total. The summed E-state index contributed by atoms with van der Waals surface area (Å²) in [5, 5.41) is 2.63. The number of halogens is 7. The van der Waals surface area contributed by atoms with Gasteiger partial charge in [-0.05, 0) is 79.3 Å². The van der Waals surface area contributed by atoms with Gasteiger partial charge in [-0.2, -0.15) is 26.3 Å². The highest BCUT2D eigenvalue weighted by Crippen LogP contribution is 2.39. The molecule has 0 saturated carbocycles. The second-order valence-corrected chi connectivity index (χ2v) is 14.4. The number of para-hydroxylation sites is 1. The van der Waals surface area contributed by atoms with Crippen LogP contribution in [0, 0.1) is 5.92 Å². The predicted octanol–water partition coefficient (Wildman–Crippen LogP) is 6.66. The second kappa shape index (κ2) is 16.0. The van der Waals surface area contributed by atoms with Gasteiger partial charge in [0.2, 0.25) is 11.8 Å². The molecule has 3 aromatic carbocycles. The lowest BCUT2D eigenvalue weighted by Crippen LogP contribution is -2.52. The maximum absolute atomic E-state index is 14.1. The highest BCUT2D eigenvalue weighted by Gasteiger charge is 2.40. The molecule has 0 radical (unpaired) electrons. The van der Waals surface area contributed by atoms with Crippen LogP contribution in [0.2, 0.25) is 5.02 Å². The molecule has 0 aromatic heterocycles. The number of benzene rings is 3. The van der Waals surface area contributed by atoms with Gasteiger partial charge in [0, 0.05) is 75.2 Å². The van der Waals surface area contributed by atoms with Crippen LogP contribution in [0.4, 0.5) is 48.2 Å². The number of ketones is 1. The highest BCUT2D eigenvalue weighted by molar-refractivity contribution is 6.33. The first-order valence-electron chi connectivity index (χ1n) is 17.8. The molecule has 0 spiro atoms. The first kappa shape index (κ1) is 39.7. The van der Waals surface area contributed by atoms with Gasteiger partial charge in [0.05, 0.1) is 22.2 Å². The van der Waals surface area contributed by atoms with Crippen molar-refractivity contribution in [2.75, 3.05) is 61.8 Å². The average Bonchev–Trinajstić information content (AvgIpc) is 3.32. The molecule has 0 aliphatic carbocycles. The minimum absolute atomic E-state index is 0.0803. The van der Waals surface area contributed by atoms with Crippen LogP contribution in [0.1, 0.15) is 46.3 Å². The lowest BCUT2D eigenvalue weighted by atomic mass is 9.91. The number of carbonyl (C=O) groups is 4. The third kappa shape index (κ3) is 9.11. The normalized spacial score (nSPS) is 17.7. The maximum Gasteiger partial charge on any atom is 0.454 e. The maximum atomic E-state index is 14.1. The number of urea groups is 1. The number of nitrogens with zero attached hydrogens (tertiary/aromatic N) is 4. The monoisotopic (exact) mass is 792 g/mol. The molecule has 1 atom stereocenters. The quantitative estimate of drug-likeness (QED) is 0.150. The molecule has 3 N–H and O–H groups in total. The van der Waals surface area contributed by atoms with Crippen molar-refractivity contribution in [2.45, 2.75) is 50.5 Å². The molecule has 2 fully saturated rings. The van der Waals surface area contributed by atoms with Crippen molar-refractivity contribution in [3.05, 3.63) is 87.9 Å². The molecule has 4 amide bonds. The molecule has 55 heavy (non-hydrogen) atoms. The van der Waals surface area contributed by atoms with E-state index in [2.05, 4.69) is 5.32 Å². The minimum Gasteiger partial charge on any atom is -0.397 e. The fraction of sp³-hybridized carbons (Fsp3) is 0.421. The van der Waals surface area contributed by atoms with Crippen LogP contribution in [-0.4, -0.2) is 96.4 Å². The first-order chi connectivity index (χ1) is 26.0. The van der Waals surface area contributed by atoms with Crippen LogP contribution in [0.5, 0.6) is 0 Å². The first-order valence-corrected chi connectivity index (χ1v) is 18.2. The van der Waals surface area contributed by atoms with E-state index in [1.54, 1.807) is 9.80 Å². The number of hydrogen-bond acceptors (Lipinski definition) is 6. The number of amides is 4. The number of fused-ring (bicyclic) bond motifs is 1. The van der Waals surface area contributed by atoms with E-state index in [9.17, 15) is 45.5 Å². The summed E-state index contributed by atoms with van der Waals surface area (Å²) in [7, 11) is 0. The summed E-state index contributed by atoms with van der Waals surface area (Å²) in [6.45, 7) is 2.02. The molecular weight excluding hydrogens is 754 g/mol. The van der Waals surface area contributed by atoms with E-state index >= 15 is 0 Å². The highest BCUT2D eigenvalue weighted by atomic mass is 35.5. The van der Waals surface area contributed by atoms with E-state index in [1.807, 2.05) is 29.2 Å². The molecule has 17 heteroatoms. The molecule has 3 aliphatic rings. The number of nitrogen functional groups attached to an aromatic ring is 1. The lowest BCUT2D eigenvalue weighted by Gasteiger charge is -2.39. The molecule has 6 rings (SSSR count). The number of nitrogens with two attached hydrogens (primary N) is 1. The molecule has 2 saturated heterocycles. The molecule has 0 unspecified atom stereocenters. The smallest absolute Gasteiger partial charge is 0.397 e. The standard InChI is InChI=1S/C38H39ClF6N6O4/c39-30-21-23(20-29(33(30)46)37(40,41)42)19-26(35(54)50-17-15-48(16-18-50)27-7-5-25(6-8-27)34(53)38(43,44)45)22-32(52)49-12-10-28(11-13-49)51-14-9-24-3-1-2-4-31(24)47-36(51)55/h1-8,20-21,26,28H,9-19,22,46H2,(H,47,55)/t26-/m0/s1. The van der Waals surface area contributed by atoms with Gasteiger partial charge in [0.1, 0.15) is 0 Å². The van der Waals surface area contributed by atoms with Gasteiger partial charge < -0.3 is 30.7 Å². The van der Waals surface area contributed by atoms with E-state index in [0.29, 0.717) is 44.6 Å². The van der Waals surface area contributed by atoms with Crippen molar-refractivity contribution in [1.82, 2.24) is 14.7 Å². The molecule has 294 valence electrons. The Bertz CT molecular complexity index is 1930. The number of nitrogens with one attached hydrogen (secondary N) is 1. The zero-order valence-electron chi connectivity index (χ0n) is 29.6. The van der Waals surface area contributed by atoms with Crippen LogP contribution < -0.4 is 16.0 Å². The number of carbonyl (C=O) groups excluding carboxylic acids is 4. The third-order valence-electron chi connectivity index (χ3n) is 10.5. The molecule has 3 aromatic rings. The topological polar surface area (TPSA) is 119 Å². The number of Topliss-reactive ketones (excluding diaryl/α,β-unsaturated/α-hetero) is 1. The fourth-order valence-electron chi connectivity index (χ4n) is 7.49. The van der Waals surface area contributed by atoms with Crippen molar-refractivity contribution in [3.63, 3.8) is 0 Å². The van der Waals surface area contributed by atoms with Crippen LogP contribution in [-0.2, 0) is 28.6 Å². The average molecular weight is 793 g/mol. The Morgan fingerprint density at radius 3 is 2.15 bits per heavy atom. The zero-order chi connectivity index (χ0) is 39.7. The molecular formula is C38H39ClF6N6O4. The lowest BCUT2D eigenvalue weighted by molar-refractivity contribution is -0.142. The Balaban J connectivity index is 1.13. The zero-order valence-corrected chi connectivity index (χ0v) is 30.3. The van der Waals surface area contributed by atoms with E-state index in [1.165, 1.54) is 23.1 Å². The minimum atomic E-state index is -5.01. The van der Waals surface area contributed by atoms with Gasteiger partial charge >= 0.3 is 18.4 Å². The summed E-state index contributed by atoms with van der Waals surface area (Å²) >= 11 is 6.10. The third-order valence-corrected chi connectivity index (χ3v) is 10.8. The van der Waals surface area contributed by atoms with Crippen molar-refractivity contribution in [1.29, 1.82) is 0 Å².